The Labute approximate surface area is 217 Å². The molecule has 4 aliphatic rings. The zero-order valence-corrected chi connectivity index (χ0v) is 21.8. The van der Waals surface area contributed by atoms with Crippen LogP contribution in [0, 0.1) is 52.3 Å². The van der Waals surface area contributed by atoms with Crippen LogP contribution in [0.25, 0.3) is 5.69 Å². The second kappa shape index (κ2) is 8.90. The number of carbonyl (C=O) groups is 1. The van der Waals surface area contributed by atoms with Gasteiger partial charge in [-0.25, -0.2) is 4.79 Å². The Hall–Kier alpha value is -2.79. The number of aliphatic hydroxyl groups is 1. The van der Waals surface area contributed by atoms with Gasteiger partial charge in [0.15, 0.2) is 5.78 Å². The Morgan fingerprint density at radius 3 is 2.54 bits per heavy atom. The summed E-state index contributed by atoms with van der Waals surface area (Å²) in [5.41, 5.74) is 0.0729. The molecule has 4 saturated carbocycles. The topological polar surface area (TPSA) is 114 Å². The molecular weight excluding hydrogens is 466 g/mol. The van der Waals surface area contributed by atoms with E-state index in [4.69, 9.17) is 5.26 Å². The fourth-order valence-electron chi connectivity index (χ4n) is 9.08. The Kier molecular flexibility index (Phi) is 5.91. The third-order valence-corrected chi connectivity index (χ3v) is 10.8. The first-order chi connectivity index (χ1) is 17.7. The highest BCUT2D eigenvalue weighted by molar-refractivity contribution is 5.82. The molecule has 4 aliphatic carbocycles. The maximum Gasteiger partial charge on any atom is 0.368 e. The summed E-state index contributed by atoms with van der Waals surface area (Å²) in [5.74, 6) is 3.41. The van der Waals surface area contributed by atoms with Crippen molar-refractivity contribution in [3.05, 3.63) is 40.3 Å². The van der Waals surface area contributed by atoms with Gasteiger partial charge >= 0.3 is 5.69 Å². The van der Waals surface area contributed by atoms with E-state index in [1.807, 2.05) is 6.92 Å². The number of hydrogen-bond acceptors (Lipinski definition) is 6. The summed E-state index contributed by atoms with van der Waals surface area (Å²) in [5, 5.41) is 27.6. The monoisotopic (exact) mass is 503 g/mol. The Morgan fingerprint density at radius 2 is 1.78 bits per heavy atom. The number of hydrogen-bond donors (Lipinski definition) is 1. The van der Waals surface area contributed by atoms with Crippen molar-refractivity contribution in [2.75, 3.05) is 0 Å². The van der Waals surface area contributed by atoms with Crippen LogP contribution in [0.2, 0.25) is 0 Å². The molecule has 0 bridgehead atoms. The zero-order valence-electron chi connectivity index (χ0n) is 21.8. The van der Waals surface area contributed by atoms with Gasteiger partial charge in [0, 0.05) is 5.92 Å². The van der Waals surface area contributed by atoms with Gasteiger partial charge in [-0.15, -0.1) is 0 Å². The van der Waals surface area contributed by atoms with Crippen molar-refractivity contribution in [2.45, 2.75) is 83.8 Å². The summed E-state index contributed by atoms with van der Waals surface area (Å²) in [6.07, 6.45) is 9.67. The van der Waals surface area contributed by atoms with Crippen LogP contribution >= 0.6 is 0 Å². The van der Waals surface area contributed by atoms with Gasteiger partial charge in [0.25, 0.3) is 0 Å². The van der Waals surface area contributed by atoms with Crippen LogP contribution in [0.5, 0.6) is 0 Å². The predicted octanol–water partition coefficient (Wildman–Crippen LogP) is 3.89. The second-order valence-electron chi connectivity index (χ2n) is 12.8. The largest absolute Gasteiger partial charge is 0.390 e. The summed E-state index contributed by atoms with van der Waals surface area (Å²) in [4.78, 5) is 26.6. The zero-order chi connectivity index (χ0) is 25.9. The van der Waals surface area contributed by atoms with Gasteiger partial charge in [-0.2, -0.15) is 14.6 Å². The molecule has 1 N–H and O–H groups in total. The summed E-state index contributed by atoms with van der Waals surface area (Å²) in [7, 11) is 0. The summed E-state index contributed by atoms with van der Waals surface area (Å²) < 4.78 is 2.36. The van der Waals surface area contributed by atoms with Crippen LogP contribution in [0.3, 0.4) is 0 Å². The molecule has 2 aromatic rings. The molecule has 0 radical (unpaired) electrons. The van der Waals surface area contributed by atoms with Gasteiger partial charge in [0.05, 0.1) is 22.9 Å². The Bertz CT molecular complexity index is 1290. The normalized spacial score (nSPS) is 38.8. The standard InChI is InChI=1S/C29H37N5O3/c1-28(37)13-11-21-19(15-28)5-8-23-22(21)12-14-29(2)24(23)9-10-25(29)26(35)17-33-27(36)34(32-31-33)20-6-3-18(16-30)4-7-20/h3-4,6-7,19,21-25,37H,5,8-15,17H2,1-2H3/t19-,21+,22?,23-,24?,25-,28-,29+/m1/s1. The number of nitrogens with zero attached hydrogens (tertiary/aromatic N) is 5. The van der Waals surface area contributed by atoms with Crippen molar-refractivity contribution in [1.82, 2.24) is 19.8 Å². The second-order valence-corrected chi connectivity index (χ2v) is 12.8. The summed E-state index contributed by atoms with van der Waals surface area (Å²) in [6.45, 7) is 4.29. The fourth-order valence-corrected chi connectivity index (χ4v) is 9.08. The van der Waals surface area contributed by atoms with Gasteiger partial charge in [0.2, 0.25) is 0 Å². The minimum absolute atomic E-state index is 0.0159. The molecule has 0 spiro atoms. The van der Waals surface area contributed by atoms with Crippen LogP contribution in [-0.2, 0) is 11.3 Å². The average Bonchev–Trinajstić information content (AvgIpc) is 3.42. The number of ketones is 1. The number of benzene rings is 1. The fraction of sp³-hybridized carbons (Fsp3) is 0.690. The maximum atomic E-state index is 13.6. The molecule has 4 fully saturated rings. The van der Waals surface area contributed by atoms with Crippen molar-refractivity contribution in [1.29, 1.82) is 5.26 Å². The smallest absolute Gasteiger partial charge is 0.368 e. The first kappa shape index (κ1) is 24.5. The number of tetrazole rings is 1. The molecule has 0 amide bonds. The van der Waals surface area contributed by atoms with E-state index >= 15 is 0 Å². The Balaban J connectivity index is 1.16. The van der Waals surface area contributed by atoms with E-state index in [0.717, 1.165) is 50.4 Å². The third-order valence-electron chi connectivity index (χ3n) is 10.8. The molecule has 6 rings (SSSR count). The highest BCUT2D eigenvalue weighted by atomic mass is 16.3. The van der Waals surface area contributed by atoms with Crippen LogP contribution < -0.4 is 5.69 Å². The average molecular weight is 504 g/mol. The molecule has 196 valence electrons. The van der Waals surface area contributed by atoms with E-state index in [1.54, 1.807) is 24.3 Å². The molecule has 1 heterocycles. The van der Waals surface area contributed by atoms with Crippen molar-refractivity contribution in [2.24, 2.45) is 40.9 Å². The molecule has 37 heavy (non-hydrogen) atoms. The molecule has 8 heteroatoms. The molecule has 1 aromatic heterocycles. The lowest BCUT2D eigenvalue weighted by molar-refractivity contribution is -0.133. The summed E-state index contributed by atoms with van der Waals surface area (Å²) >= 11 is 0. The number of Topliss-reactive ketones (excluding diaryl/α,β-unsaturated/α-hetero) is 1. The SMILES string of the molecule is C[C@@]1(O)CC[C@@H]2C3CC[C@@]4(C)C(CC[C@@H]4C(=O)Cn4nnn(-c5ccc(C#N)cc5)c4=O)[C@@H]3CC[C@@H]2C1. The number of nitriles is 1. The van der Waals surface area contributed by atoms with Gasteiger partial charge in [-0.3, -0.25) is 4.79 Å². The van der Waals surface area contributed by atoms with E-state index in [1.165, 1.54) is 28.6 Å². The van der Waals surface area contributed by atoms with E-state index in [9.17, 15) is 14.7 Å². The molecule has 0 aliphatic heterocycles. The van der Waals surface area contributed by atoms with E-state index in [0.29, 0.717) is 29.0 Å². The number of fused-ring (bicyclic) bond motifs is 5. The maximum absolute atomic E-state index is 13.6. The van der Waals surface area contributed by atoms with Gasteiger partial charge in [-0.1, -0.05) is 6.92 Å². The lowest BCUT2D eigenvalue weighted by atomic mass is 9.49. The van der Waals surface area contributed by atoms with E-state index < -0.39 is 11.3 Å². The minimum atomic E-state index is -0.498. The minimum Gasteiger partial charge on any atom is -0.390 e. The number of carbonyl (C=O) groups excluding carboxylic acids is 1. The van der Waals surface area contributed by atoms with Gasteiger partial charge in [0.1, 0.15) is 6.54 Å². The van der Waals surface area contributed by atoms with Crippen LogP contribution in [0.15, 0.2) is 29.1 Å². The van der Waals surface area contributed by atoms with Crippen LogP contribution in [0.1, 0.15) is 77.2 Å². The van der Waals surface area contributed by atoms with Crippen molar-refractivity contribution < 1.29 is 9.90 Å². The quantitative estimate of drug-likeness (QED) is 0.677. The predicted molar refractivity (Wildman–Crippen MR) is 137 cm³/mol. The molecular formula is C29H37N5O3. The number of aromatic nitrogens is 4. The van der Waals surface area contributed by atoms with Crippen molar-refractivity contribution in [3.8, 4) is 11.8 Å². The number of rotatable bonds is 4. The summed E-state index contributed by atoms with van der Waals surface area (Å²) in [6, 6.07) is 8.63. The van der Waals surface area contributed by atoms with Gasteiger partial charge in [-0.05, 0) is 134 Å². The Morgan fingerprint density at radius 1 is 1.03 bits per heavy atom. The lowest BCUT2D eigenvalue weighted by Gasteiger charge is -2.56. The molecule has 8 nitrogen and oxygen atoms in total. The van der Waals surface area contributed by atoms with Gasteiger partial charge < -0.3 is 5.11 Å². The van der Waals surface area contributed by atoms with Crippen molar-refractivity contribution in [3.63, 3.8) is 0 Å². The first-order valence-electron chi connectivity index (χ1n) is 14.0. The van der Waals surface area contributed by atoms with Crippen LogP contribution in [0.4, 0.5) is 0 Å². The van der Waals surface area contributed by atoms with E-state index in [-0.39, 0.29) is 23.7 Å². The first-order valence-corrected chi connectivity index (χ1v) is 14.0. The lowest BCUT2D eigenvalue weighted by Crippen LogP contribution is -2.51. The highest BCUT2D eigenvalue weighted by Gasteiger charge is 2.58. The molecule has 8 atom stereocenters. The van der Waals surface area contributed by atoms with Crippen molar-refractivity contribution >= 4 is 5.78 Å². The highest BCUT2D eigenvalue weighted by Crippen LogP contribution is 2.64. The molecule has 1 aromatic carbocycles. The van der Waals surface area contributed by atoms with Crippen LogP contribution in [-0.4, -0.2) is 36.3 Å². The van der Waals surface area contributed by atoms with E-state index in [2.05, 4.69) is 23.4 Å². The molecule has 0 saturated heterocycles. The third kappa shape index (κ3) is 4.06. The molecule has 2 unspecified atom stereocenters.